The van der Waals surface area contributed by atoms with Gasteiger partial charge in [-0.1, -0.05) is 0 Å². The van der Waals surface area contributed by atoms with Crippen molar-refractivity contribution in [2.24, 2.45) is 0 Å². The van der Waals surface area contributed by atoms with Crippen LogP contribution in [0.15, 0.2) is 11.4 Å². The lowest BCUT2D eigenvalue weighted by Gasteiger charge is -2.04. The van der Waals surface area contributed by atoms with Crippen molar-refractivity contribution >= 4 is 23.1 Å². The van der Waals surface area contributed by atoms with Crippen molar-refractivity contribution in [3.63, 3.8) is 0 Å². The number of aromatic nitrogens is 3. The topological polar surface area (TPSA) is 76.7 Å². The minimum absolute atomic E-state index is 0.289. The minimum Gasteiger partial charge on any atom is -0.368 e. The van der Waals surface area contributed by atoms with Crippen molar-refractivity contribution in [2.75, 3.05) is 11.1 Å². The number of thiazole rings is 1. The van der Waals surface area contributed by atoms with Crippen LogP contribution >= 0.6 is 11.3 Å². The molecule has 16 heavy (non-hydrogen) atoms. The molecule has 0 aliphatic rings. The maximum atomic E-state index is 5.56. The molecule has 0 bridgehead atoms. The molecule has 3 N–H and O–H groups in total. The zero-order valence-corrected chi connectivity index (χ0v) is 10.0. The first-order valence-corrected chi connectivity index (χ1v) is 5.77. The van der Waals surface area contributed by atoms with Crippen molar-refractivity contribution in [2.45, 2.75) is 20.4 Å². The Balaban J connectivity index is 2.04. The van der Waals surface area contributed by atoms with E-state index < -0.39 is 0 Å². The summed E-state index contributed by atoms with van der Waals surface area (Å²) in [5.74, 6) is 1.02. The molecule has 0 saturated heterocycles. The summed E-state index contributed by atoms with van der Waals surface area (Å²) >= 11 is 1.64. The molecule has 0 saturated carbocycles. The van der Waals surface area contributed by atoms with Gasteiger partial charge >= 0.3 is 0 Å². The molecule has 0 amide bonds. The third-order valence-electron chi connectivity index (χ3n) is 1.99. The zero-order chi connectivity index (χ0) is 11.5. The van der Waals surface area contributed by atoms with Crippen LogP contribution in [0.2, 0.25) is 0 Å². The smallest absolute Gasteiger partial charge is 0.222 e. The molecule has 2 rings (SSSR count). The first kappa shape index (κ1) is 10.8. The van der Waals surface area contributed by atoms with Crippen LogP contribution in [0.4, 0.5) is 11.8 Å². The highest BCUT2D eigenvalue weighted by atomic mass is 32.1. The summed E-state index contributed by atoms with van der Waals surface area (Å²) in [6.45, 7) is 4.53. The van der Waals surface area contributed by atoms with E-state index >= 15 is 0 Å². The van der Waals surface area contributed by atoms with Gasteiger partial charge in [0, 0.05) is 17.1 Å². The summed E-state index contributed by atoms with van der Waals surface area (Å²) in [7, 11) is 0. The molecule has 0 aromatic carbocycles. The van der Waals surface area contributed by atoms with Gasteiger partial charge in [0.15, 0.2) is 0 Å². The highest BCUT2D eigenvalue weighted by Gasteiger charge is 2.01. The van der Waals surface area contributed by atoms with Gasteiger partial charge < -0.3 is 11.1 Å². The van der Waals surface area contributed by atoms with Gasteiger partial charge in [-0.25, -0.2) is 9.97 Å². The number of rotatable bonds is 3. The average Bonchev–Trinajstić information content (AvgIpc) is 2.60. The zero-order valence-electron chi connectivity index (χ0n) is 9.19. The van der Waals surface area contributed by atoms with Crippen LogP contribution in [-0.4, -0.2) is 15.0 Å². The Kier molecular flexibility index (Phi) is 3.00. The number of anilines is 2. The second-order valence-electron chi connectivity index (χ2n) is 3.46. The summed E-state index contributed by atoms with van der Waals surface area (Å²) in [5, 5.41) is 6.26. The quantitative estimate of drug-likeness (QED) is 0.847. The highest BCUT2D eigenvalue weighted by molar-refractivity contribution is 7.09. The largest absolute Gasteiger partial charge is 0.368 e. The number of aryl methyl sites for hydroxylation is 2. The minimum atomic E-state index is 0.289. The first-order chi connectivity index (χ1) is 7.63. The molecular weight excluding hydrogens is 222 g/mol. The van der Waals surface area contributed by atoms with Crippen LogP contribution < -0.4 is 11.1 Å². The van der Waals surface area contributed by atoms with Crippen LogP contribution in [0.1, 0.15) is 16.4 Å². The summed E-state index contributed by atoms with van der Waals surface area (Å²) in [4.78, 5) is 12.4. The number of nitrogen functional groups attached to an aromatic ring is 1. The fourth-order valence-electron chi connectivity index (χ4n) is 1.35. The maximum Gasteiger partial charge on any atom is 0.222 e. The maximum absolute atomic E-state index is 5.56. The predicted octanol–water partition coefficient (Wildman–Crippen LogP) is 1.74. The Morgan fingerprint density at radius 1 is 1.31 bits per heavy atom. The van der Waals surface area contributed by atoms with Crippen molar-refractivity contribution in [3.05, 3.63) is 27.8 Å². The molecule has 5 nitrogen and oxygen atoms in total. The normalized spacial score (nSPS) is 10.4. The Bertz CT molecular complexity index is 473. The number of hydrogen-bond donors (Lipinski definition) is 2. The fourth-order valence-corrected chi connectivity index (χ4v) is 1.97. The van der Waals surface area contributed by atoms with Crippen LogP contribution in [0, 0.1) is 13.8 Å². The van der Waals surface area contributed by atoms with E-state index in [0.717, 1.165) is 22.2 Å². The van der Waals surface area contributed by atoms with Crippen molar-refractivity contribution in [1.29, 1.82) is 0 Å². The van der Waals surface area contributed by atoms with Crippen molar-refractivity contribution in [1.82, 2.24) is 15.0 Å². The van der Waals surface area contributed by atoms with Crippen molar-refractivity contribution < 1.29 is 0 Å². The second-order valence-corrected chi connectivity index (χ2v) is 4.53. The number of nitrogens with two attached hydrogens (primary N) is 1. The Hall–Kier alpha value is -1.69. The summed E-state index contributed by atoms with van der Waals surface area (Å²) in [5.41, 5.74) is 7.42. The van der Waals surface area contributed by atoms with Gasteiger partial charge in [0.05, 0.1) is 17.2 Å². The van der Waals surface area contributed by atoms with Crippen molar-refractivity contribution in [3.8, 4) is 0 Å². The third-order valence-corrected chi connectivity index (χ3v) is 2.81. The van der Waals surface area contributed by atoms with Crippen LogP contribution in [0.25, 0.3) is 0 Å². The van der Waals surface area contributed by atoms with Crippen LogP contribution in [0.5, 0.6) is 0 Å². The van der Waals surface area contributed by atoms with E-state index in [-0.39, 0.29) is 5.95 Å². The second kappa shape index (κ2) is 4.44. The van der Waals surface area contributed by atoms with E-state index in [9.17, 15) is 0 Å². The van der Waals surface area contributed by atoms with Gasteiger partial charge in [0.1, 0.15) is 5.82 Å². The lowest BCUT2D eigenvalue weighted by Crippen LogP contribution is -2.05. The van der Waals surface area contributed by atoms with Gasteiger partial charge in [-0.05, 0) is 13.8 Å². The predicted molar refractivity (Wildman–Crippen MR) is 65.4 cm³/mol. The Labute approximate surface area is 97.8 Å². The lowest BCUT2D eigenvalue weighted by molar-refractivity contribution is 1.02. The van der Waals surface area contributed by atoms with E-state index in [0.29, 0.717) is 6.54 Å². The molecule has 6 heteroatoms. The van der Waals surface area contributed by atoms with Gasteiger partial charge in [0.2, 0.25) is 5.95 Å². The summed E-state index contributed by atoms with van der Waals surface area (Å²) < 4.78 is 0. The molecule has 2 aromatic rings. The molecule has 0 fully saturated rings. The molecule has 0 spiro atoms. The average molecular weight is 235 g/mol. The lowest BCUT2D eigenvalue weighted by atomic mass is 10.4. The molecule has 0 aliphatic carbocycles. The van der Waals surface area contributed by atoms with E-state index in [4.69, 9.17) is 5.73 Å². The number of nitrogens with zero attached hydrogens (tertiary/aromatic N) is 3. The van der Waals surface area contributed by atoms with E-state index in [1.165, 1.54) is 0 Å². The van der Waals surface area contributed by atoms with Gasteiger partial charge in [0.25, 0.3) is 0 Å². The fraction of sp³-hybridized carbons (Fsp3) is 0.300. The van der Waals surface area contributed by atoms with Crippen LogP contribution in [-0.2, 0) is 6.54 Å². The summed E-state index contributed by atoms with van der Waals surface area (Å²) in [6.07, 6.45) is 0. The highest BCUT2D eigenvalue weighted by Crippen LogP contribution is 2.11. The monoisotopic (exact) mass is 235 g/mol. The van der Waals surface area contributed by atoms with Gasteiger partial charge in [-0.2, -0.15) is 4.98 Å². The molecule has 0 aliphatic heterocycles. The molecule has 2 aromatic heterocycles. The molecule has 0 atom stereocenters. The van der Waals surface area contributed by atoms with E-state index in [1.54, 1.807) is 11.3 Å². The molecule has 0 radical (unpaired) electrons. The summed E-state index contributed by atoms with van der Waals surface area (Å²) in [6, 6.07) is 1.86. The molecular formula is C10H13N5S. The third kappa shape index (κ3) is 2.66. The molecule has 84 valence electrons. The standard InChI is InChI=1S/C10H13N5S/c1-6-3-9(15-10(11)13-6)12-4-8-5-16-7(2)14-8/h3,5H,4H2,1-2H3,(H3,11,12,13,15). The van der Waals surface area contributed by atoms with Gasteiger partial charge in [-0.15, -0.1) is 11.3 Å². The number of hydrogen-bond acceptors (Lipinski definition) is 6. The van der Waals surface area contributed by atoms with E-state index in [2.05, 4.69) is 20.3 Å². The molecule has 0 unspecified atom stereocenters. The van der Waals surface area contributed by atoms with E-state index in [1.807, 2.05) is 25.3 Å². The Morgan fingerprint density at radius 2 is 2.12 bits per heavy atom. The Morgan fingerprint density at radius 3 is 2.75 bits per heavy atom. The van der Waals surface area contributed by atoms with Gasteiger partial charge in [-0.3, -0.25) is 0 Å². The molecule has 2 heterocycles. The van der Waals surface area contributed by atoms with Crippen LogP contribution in [0.3, 0.4) is 0 Å². The SMILES string of the molecule is Cc1cc(NCc2csc(C)n2)nc(N)n1. The number of nitrogens with one attached hydrogen (secondary N) is 1. The first-order valence-electron chi connectivity index (χ1n) is 4.89.